The van der Waals surface area contributed by atoms with Gasteiger partial charge in [-0.25, -0.2) is 8.42 Å². The second kappa shape index (κ2) is 8.94. The highest BCUT2D eigenvalue weighted by Gasteiger charge is 2.26. The van der Waals surface area contributed by atoms with Crippen LogP contribution in [0.5, 0.6) is 0 Å². The lowest BCUT2D eigenvalue weighted by Crippen LogP contribution is -2.37. The summed E-state index contributed by atoms with van der Waals surface area (Å²) in [6.07, 6.45) is 1.54. The zero-order valence-corrected chi connectivity index (χ0v) is 18.3. The Morgan fingerprint density at radius 2 is 1.58 bits per heavy atom. The molecule has 0 saturated carbocycles. The fraction of sp³-hybridized carbons (Fsp3) is 0.240. The first-order valence-electron chi connectivity index (χ1n) is 10.5. The van der Waals surface area contributed by atoms with Gasteiger partial charge in [0, 0.05) is 12.1 Å². The van der Waals surface area contributed by atoms with Crippen LogP contribution in [0.15, 0.2) is 78.9 Å². The van der Waals surface area contributed by atoms with E-state index in [0.717, 1.165) is 23.1 Å². The van der Waals surface area contributed by atoms with E-state index in [1.807, 2.05) is 61.5 Å². The average molecular weight is 435 g/mol. The average Bonchev–Trinajstić information content (AvgIpc) is 2.78. The first kappa shape index (κ1) is 21.1. The van der Waals surface area contributed by atoms with Gasteiger partial charge in [0.05, 0.1) is 17.5 Å². The molecule has 0 bridgehead atoms. The summed E-state index contributed by atoms with van der Waals surface area (Å²) in [6, 6.07) is 24.4. The normalized spacial score (nSPS) is 16.5. The number of carbonyl (C=O) groups is 1. The molecule has 3 aromatic rings. The number of rotatable bonds is 5. The van der Waals surface area contributed by atoms with Crippen molar-refractivity contribution in [3.05, 3.63) is 101 Å². The molecule has 1 fully saturated rings. The van der Waals surface area contributed by atoms with E-state index in [0.29, 0.717) is 24.2 Å². The molecule has 0 spiro atoms. The maximum Gasteiger partial charge on any atom is 0.252 e. The van der Waals surface area contributed by atoms with Crippen LogP contribution >= 0.6 is 0 Å². The first-order chi connectivity index (χ1) is 15.0. The monoisotopic (exact) mass is 434 g/mol. The molecule has 5 nitrogen and oxygen atoms in total. The quantitative estimate of drug-likeness (QED) is 0.645. The molecule has 160 valence electrons. The van der Waals surface area contributed by atoms with Crippen molar-refractivity contribution >= 4 is 21.6 Å². The Hall–Kier alpha value is -3.12. The smallest absolute Gasteiger partial charge is 0.252 e. The van der Waals surface area contributed by atoms with Gasteiger partial charge in [-0.1, -0.05) is 54.6 Å². The topological polar surface area (TPSA) is 66.5 Å². The minimum Gasteiger partial charge on any atom is -0.341 e. The molecule has 0 unspecified atom stereocenters. The van der Waals surface area contributed by atoms with Crippen LogP contribution in [0.1, 0.15) is 45.9 Å². The minimum atomic E-state index is -3.27. The van der Waals surface area contributed by atoms with Crippen molar-refractivity contribution in [3.8, 4) is 0 Å². The number of nitrogens with one attached hydrogen (secondary N) is 1. The van der Waals surface area contributed by atoms with Crippen molar-refractivity contribution in [2.24, 2.45) is 0 Å². The van der Waals surface area contributed by atoms with Crippen LogP contribution in [0.3, 0.4) is 0 Å². The van der Waals surface area contributed by atoms with E-state index < -0.39 is 10.0 Å². The van der Waals surface area contributed by atoms with E-state index in [1.165, 1.54) is 4.31 Å². The van der Waals surface area contributed by atoms with Gasteiger partial charge in [0.2, 0.25) is 10.0 Å². The van der Waals surface area contributed by atoms with Crippen molar-refractivity contribution in [1.29, 1.82) is 0 Å². The molecule has 1 amide bonds. The molecule has 0 aliphatic carbocycles. The van der Waals surface area contributed by atoms with Gasteiger partial charge in [-0.2, -0.15) is 0 Å². The van der Waals surface area contributed by atoms with Gasteiger partial charge < -0.3 is 5.32 Å². The molecule has 1 atom stereocenters. The largest absolute Gasteiger partial charge is 0.341 e. The fourth-order valence-electron chi connectivity index (χ4n) is 3.97. The number of carbonyl (C=O) groups excluding carboxylic acids is 1. The number of sulfonamides is 1. The maximum atomic E-state index is 13.1. The molecular formula is C25H26N2O3S. The number of benzene rings is 3. The molecular weight excluding hydrogens is 408 g/mol. The third-order valence-corrected chi connectivity index (χ3v) is 7.54. The zero-order chi connectivity index (χ0) is 21.8. The zero-order valence-electron chi connectivity index (χ0n) is 17.5. The summed E-state index contributed by atoms with van der Waals surface area (Å²) in [5.74, 6) is -0.0325. The molecule has 0 aromatic heterocycles. The highest BCUT2D eigenvalue weighted by molar-refractivity contribution is 7.92. The number of nitrogens with zero attached hydrogens (tertiary/aromatic N) is 1. The van der Waals surface area contributed by atoms with Gasteiger partial charge >= 0.3 is 0 Å². The molecule has 1 saturated heterocycles. The third-order valence-electron chi connectivity index (χ3n) is 5.67. The summed E-state index contributed by atoms with van der Waals surface area (Å²) in [5.41, 5.74) is 4.24. The van der Waals surface area contributed by atoms with Gasteiger partial charge in [-0.15, -0.1) is 0 Å². The highest BCUT2D eigenvalue weighted by atomic mass is 32.2. The summed E-state index contributed by atoms with van der Waals surface area (Å²) < 4.78 is 26.1. The lowest BCUT2D eigenvalue weighted by molar-refractivity contribution is 0.0943. The van der Waals surface area contributed by atoms with Crippen LogP contribution in [0.2, 0.25) is 0 Å². The lowest BCUT2D eigenvalue weighted by atomic mass is 9.94. The van der Waals surface area contributed by atoms with E-state index >= 15 is 0 Å². The van der Waals surface area contributed by atoms with Crippen LogP contribution < -0.4 is 9.62 Å². The number of hydrogen-bond acceptors (Lipinski definition) is 3. The van der Waals surface area contributed by atoms with Crippen LogP contribution in [-0.2, 0) is 10.0 Å². The molecule has 6 heteroatoms. The summed E-state index contributed by atoms with van der Waals surface area (Å²) >= 11 is 0. The Kier molecular flexibility index (Phi) is 6.09. The Labute approximate surface area is 183 Å². The van der Waals surface area contributed by atoms with E-state index in [9.17, 15) is 13.2 Å². The molecule has 1 N–H and O–H groups in total. The summed E-state index contributed by atoms with van der Waals surface area (Å²) in [5, 5.41) is 3.15. The lowest BCUT2D eigenvalue weighted by Gasteiger charge is -2.28. The predicted molar refractivity (Wildman–Crippen MR) is 124 cm³/mol. The van der Waals surface area contributed by atoms with Gasteiger partial charge in [-0.05, 0) is 60.7 Å². The molecule has 31 heavy (non-hydrogen) atoms. The first-order valence-corrected chi connectivity index (χ1v) is 12.1. The Morgan fingerprint density at radius 1 is 0.903 bits per heavy atom. The molecule has 0 radical (unpaired) electrons. The van der Waals surface area contributed by atoms with E-state index in [2.05, 4.69) is 5.32 Å². The second-order valence-corrected chi connectivity index (χ2v) is 9.83. The van der Waals surface area contributed by atoms with Gasteiger partial charge in [0.1, 0.15) is 0 Å². The number of hydrogen-bond donors (Lipinski definition) is 1. The van der Waals surface area contributed by atoms with Crippen molar-refractivity contribution in [2.45, 2.75) is 25.8 Å². The van der Waals surface area contributed by atoms with E-state index in [-0.39, 0.29) is 17.7 Å². The molecule has 1 heterocycles. The van der Waals surface area contributed by atoms with Gasteiger partial charge in [-0.3, -0.25) is 9.10 Å². The molecule has 3 aromatic carbocycles. The van der Waals surface area contributed by atoms with E-state index in [1.54, 1.807) is 24.3 Å². The standard InChI is InChI=1S/C25H26N2O3S/c1-19-9-5-6-12-23(19)24(20-10-3-2-4-11-20)26-25(28)21-13-15-22(16-14-21)27-17-7-8-18-31(27,29)30/h2-6,9-16,24H,7-8,17-18H2,1H3,(H,26,28)/t24-/m0/s1. The fourth-order valence-corrected chi connectivity index (χ4v) is 5.61. The summed E-state index contributed by atoms with van der Waals surface area (Å²) in [4.78, 5) is 13.1. The number of amides is 1. The van der Waals surface area contributed by atoms with Crippen molar-refractivity contribution in [1.82, 2.24) is 5.32 Å². The van der Waals surface area contributed by atoms with Crippen LogP contribution in [0.4, 0.5) is 5.69 Å². The number of anilines is 1. The van der Waals surface area contributed by atoms with Crippen molar-refractivity contribution < 1.29 is 13.2 Å². The van der Waals surface area contributed by atoms with Crippen LogP contribution in [0.25, 0.3) is 0 Å². The molecule has 4 rings (SSSR count). The predicted octanol–water partition coefficient (Wildman–Crippen LogP) is 4.44. The summed E-state index contributed by atoms with van der Waals surface area (Å²) in [6.45, 7) is 2.52. The Balaban J connectivity index is 1.59. The second-order valence-electron chi connectivity index (χ2n) is 7.82. The van der Waals surface area contributed by atoms with Crippen molar-refractivity contribution in [2.75, 3.05) is 16.6 Å². The maximum absolute atomic E-state index is 13.1. The van der Waals surface area contributed by atoms with Gasteiger partial charge in [0.25, 0.3) is 5.91 Å². The third kappa shape index (κ3) is 4.64. The summed E-state index contributed by atoms with van der Waals surface area (Å²) in [7, 11) is -3.27. The number of aryl methyl sites for hydroxylation is 1. The molecule has 1 aliphatic rings. The Bertz CT molecular complexity index is 1160. The van der Waals surface area contributed by atoms with Gasteiger partial charge in [0.15, 0.2) is 0 Å². The molecule has 1 aliphatic heterocycles. The van der Waals surface area contributed by atoms with Crippen LogP contribution in [-0.4, -0.2) is 26.6 Å². The Morgan fingerprint density at radius 3 is 2.26 bits per heavy atom. The SMILES string of the molecule is Cc1ccccc1[C@@H](NC(=O)c1ccc(N2CCCCS2(=O)=O)cc1)c1ccccc1. The highest BCUT2D eigenvalue weighted by Crippen LogP contribution is 2.27. The van der Waals surface area contributed by atoms with Crippen LogP contribution in [0, 0.1) is 6.92 Å². The minimum absolute atomic E-state index is 0.171. The van der Waals surface area contributed by atoms with E-state index in [4.69, 9.17) is 0 Å². The van der Waals surface area contributed by atoms with Crippen molar-refractivity contribution in [3.63, 3.8) is 0 Å².